The maximum Gasteiger partial charge on any atom is 0.166 e. The van der Waals surface area contributed by atoms with Crippen molar-refractivity contribution in [2.45, 2.75) is 13.0 Å². The van der Waals surface area contributed by atoms with Gasteiger partial charge in [0.05, 0.1) is 22.9 Å². The van der Waals surface area contributed by atoms with Crippen LogP contribution in [0, 0.1) is 0 Å². The lowest BCUT2D eigenvalue weighted by Gasteiger charge is -2.10. The summed E-state index contributed by atoms with van der Waals surface area (Å²) in [5, 5.41) is 7.87. The molecule has 6 heteroatoms. The molecule has 104 valence electrons. The van der Waals surface area contributed by atoms with Gasteiger partial charge in [-0.3, -0.25) is 0 Å². The molecule has 1 rings (SSSR count). The number of ether oxygens (including phenoxy) is 1. The first-order valence-electron chi connectivity index (χ1n) is 5.81. The zero-order valence-corrected chi connectivity index (χ0v) is 12.7. The molecule has 0 saturated heterocycles. The van der Waals surface area contributed by atoms with E-state index in [1.54, 1.807) is 6.07 Å². The molecule has 0 aliphatic heterocycles. The number of halogens is 2. The van der Waals surface area contributed by atoms with E-state index in [-0.39, 0.29) is 0 Å². The van der Waals surface area contributed by atoms with E-state index in [0.717, 1.165) is 18.5 Å². The molecule has 1 aromatic carbocycles. The molecule has 0 radical (unpaired) electrons. The maximum absolute atomic E-state index is 5.93. The Bertz CT molecular complexity index is 441. The van der Waals surface area contributed by atoms with E-state index in [0.29, 0.717) is 28.3 Å². The fraction of sp³-hybridized carbons (Fsp3) is 0.308. The second kappa shape index (κ2) is 9.02. The quantitative estimate of drug-likeness (QED) is 0.458. The van der Waals surface area contributed by atoms with E-state index in [4.69, 9.17) is 40.2 Å². The van der Waals surface area contributed by atoms with E-state index >= 15 is 0 Å². The third kappa shape index (κ3) is 6.66. The van der Waals surface area contributed by atoms with Crippen molar-refractivity contribution in [3.8, 4) is 0 Å². The second-order valence-electron chi connectivity index (χ2n) is 3.75. The van der Waals surface area contributed by atoms with Crippen molar-refractivity contribution in [1.29, 1.82) is 0 Å². The Balaban J connectivity index is 2.22. The lowest BCUT2D eigenvalue weighted by Crippen LogP contribution is -2.35. The minimum atomic E-state index is 0.543. The monoisotopic (exact) mass is 318 g/mol. The van der Waals surface area contributed by atoms with E-state index < -0.39 is 0 Å². The number of thiocarbonyl (C=S) groups is 1. The summed E-state index contributed by atoms with van der Waals surface area (Å²) in [5.41, 5.74) is 1.02. The van der Waals surface area contributed by atoms with Crippen LogP contribution in [0.2, 0.25) is 10.0 Å². The molecule has 0 heterocycles. The fourth-order valence-corrected chi connectivity index (χ4v) is 1.83. The third-order valence-electron chi connectivity index (χ3n) is 2.28. The lowest BCUT2D eigenvalue weighted by molar-refractivity contribution is 0.246. The van der Waals surface area contributed by atoms with Gasteiger partial charge in [0.1, 0.15) is 0 Å². The van der Waals surface area contributed by atoms with Crippen molar-refractivity contribution < 1.29 is 4.74 Å². The number of rotatable bonds is 7. The smallest absolute Gasteiger partial charge is 0.166 e. The standard InChI is InChI=1S/C13H16Cl2N2OS/c1-2-18-7-3-6-16-13(19)17-9-10-4-5-11(14)12(15)8-10/h2,4-5,8H,1,3,6-7,9H2,(H2,16,17,19). The molecular weight excluding hydrogens is 303 g/mol. The predicted octanol–water partition coefficient (Wildman–Crippen LogP) is 3.51. The summed E-state index contributed by atoms with van der Waals surface area (Å²) in [6, 6.07) is 5.49. The Morgan fingerprint density at radius 3 is 2.79 bits per heavy atom. The average Bonchev–Trinajstić information content (AvgIpc) is 2.40. The van der Waals surface area contributed by atoms with Crippen LogP contribution in [0.3, 0.4) is 0 Å². The minimum Gasteiger partial charge on any atom is -0.502 e. The largest absolute Gasteiger partial charge is 0.502 e. The van der Waals surface area contributed by atoms with Crippen LogP contribution in [0.25, 0.3) is 0 Å². The molecule has 3 nitrogen and oxygen atoms in total. The first kappa shape index (κ1) is 16.1. The van der Waals surface area contributed by atoms with Gasteiger partial charge >= 0.3 is 0 Å². The maximum atomic E-state index is 5.93. The zero-order chi connectivity index (χ0) is 14.1. The van der Waals surface area contributed by atoms with Crippen LogP contribution >= 0.6 is 35.4 Å². The van der Waals surface area contributed by atoms with Gasteiger partial charge in [-0.05, 0) is 36.3 Å². The van der Waals surface area contributed by atoms with Gasteiger partial charge in [-0.1, -0.05) is 35.8 Å². The van der Waals surface area contributed by atoms with Crippen LogP contribution in [-0.2, 0) is 11.3 Å². The molecule has 0 aliphatic rings. The van der Waals surface area contributed by atoms with Gasteiger partial charge in [0, 0.05) is 13.1 Å². The van der Waals surface area contributed by atoms with E-state index in [2.05, 4.69) is 17.2 Å². The van der Waals surface area contributed by atoms with Crippen LogP contribution < -0.4 is 10.6 Å². The number of benzene rings is 1. The van der Waals surface area contributed by atoms with E-state index in [1.165, 1.54) is 6.26 Å². The van der Waals surface area contributed by atoms with Crippen LogP contribution in [0.5, 0.6) is 0 Å². The molecule has 0 atom stereocenters. The van der Waals surface area contributed by atoms with Crippen molar-refractivity contribution in [2.24, 2.45) is 0 Å². The zero-order valence-electron chi connectivity index (χ0n) is 10.4. The topological polar surface area (TPSA) is 33.3 Å². The van der Waals surface area contributed by atoms with Gasteiger partial charge in [0.25, 0.3) is 0 Å². The third-order valence-corrected chi connectivity index (χ3v) is 3.31. The van der Waals surface area contributed by atoms with Gasteiger partial charge in [-0.25, -0.2) is 0 Å². The highest BCUT2D eigenvalue weighted by molar-refractivity contribution is 7.80. The molecule has 0 fully saturated rings. The van der Waals surface area contributed by atoms with Crippen LogP contribution in [0.4, 0.5) is 0 Å². The van der Waals surface area contributed by atoms with Crippen molar-refractivity contribution in [3.63, 3.8) is 0 Å². The molecule has 0 bridgehead atoms. The Labute approximate surface area is 128 Å². The van der Waals surface area contributed by atoms with Gasteiger partial charge < -0.3 is 15.4 Å². The summed E-state index contributed by atoms with van der Waals surface area (Å²) in [7, 11) is 0. The summed E-state index contributed by atoms with van der Waals surface area (Å²) < 4.78 is 5.00. The summed E-state index contributed by atoms with van der Waals surface area (Å²) in [6.45, 7) is 5.45. The Morgan fingerprint density at radius 1 is 1.32 bits per heavy atom. The second-order valence-corrected chi connectivity index (χ2v) is 4.97. The van der Waals surface area contributed by atoms with Crippen LogP contribution in [-0.4, -0.2) is 18.3 Å². The molecule has 0 amide bonds. The highest BCUT2D eigenvalue weighted by atomic mass is 35.5. The molecular formula is C13H16Cl2N2OS. The molecule has 0 spiro atoms. The van der Waals surface area contributed by atoms with Gasteiger partial charge in [0.15, 0.2) is 5.11 Å². The van der Waals surface area contributed by atoms with Crippen molar-refractivity contribution in [3.05, 3.63) is 46.6 Å². The van der Waals surface area contributed by atoms with Crippen LogP contribution in [0.1, 0.15) is 12.0 Å². The fourth-order valence-electron chi connectivity index (χ4n) is 1.34. The molecule has 0 aromatic heterocycles. The first-order valence-corrected chi connectivity index (χ1v) is 6.98. The molecule has 0 aliphatic carbocycles. The summed E-state index contributed by atoms with van der Waals surface area (Å²) in [4.78, 5) is 0. The SMILES string of the molecule is C=COCCCNC(=S)NCc1ccc(Cl)c(Cl)c1. The Kier molecular flexibility index (Phi) is 7.63. The van der Waals surface area contributed by atoms with E-state index in [9.17, 15) is 0 Å². The number of hydrogen-bond acceptors (Lipinski definition) is 2. The molecule has 0 unspecified atom stereocenters. The van der Waals surface area contributed by atoms with E-state index in [1.807, 2.05) is 12.1 Å². The number of hydrogen-bond donors (Lipinski definition) is 2. The Hall–Kier alpha value is -0.970. The summed E-state index contributed by atoms with van der Waals surface area (Å²) in [5.74, 6) is 0. The van der Waals surface area contributed by atoms with Gasteiger partial charge in [-0.15, -0.1) is 0 Å². The van der Waals surface area contributed by atoms with Crippen LogP contribution in [0.15, 0.2) is 31.0 Å². The normalized spacial score (nSPS) is 9.79. The van der Waals surface area contributed by atoms with Crippen molar-refractivity contribution >= 4 is 40.5 Å². The van der Waals surface area contributed by atoms with Crippen molar-refractivity contribution in [1.82, 2.24) is 10.6 Å². The highest BCUT2D eigenvalue weighted by Gasteiger charge is 2.00. The number of nitrogens with one attached hydrogen (secondary N) is 2. The molecule has 1 aromatic rings. The highest BCUT2D eigenvalue weighted by Crippen LogP contribution is 2.22. The van der Waals surface area contributed by atoms with Gasteiger partial charge in [-0.2, -0.15) is 0 Å². The average molecular weight is 319 g/mol. The summed E-state index contributed by atoms with van der Waals surface area (Å²) in [6.07, 6.45) is 2.29. The van der Waals surface area contributed by atoms with Gasteiger partial charge in [0.2, 0.25) is 0 Å². The van der Waals surface area contributed by atoms with Crippen molar-refractivity contribution in [2.75, 3.05) is 13.2 Å². The molecule has 0 saturated carbocycles. The summed E-state index contributed by atoms with van der Waals surface area (Å²) >= 11 is 16.9. The molecule has 2 N–H and O–H groups in total. The molecule has 19 heavy (non-hydrogen) atoms. The lowest BCUT2D eigenvalue weighted by atomic mass is 10.2. The Morgan fingerprint density at radius 2 is 2.11 bits per heavy atom. The predicted molar refractivity (Wildman–Crippen MR) is 84.7 cm³/mol. The minimum absolute atomic E-state index is 0.543. The first-order chi connectivity index (χ1) is 9.13.